The maximum atomic E-state index is 12.1. The number of carbonyl (C=O) groups is 2. The molecule has 4 amide bonds. The molecule has 3 rings (SSSR count). The molecule has 1 aromatic carbocycles. The van der Waals surface area contributed by atoms with Gasteiger partial charge in [0.05, 0.1) is 15.7 Å². The summed E-state index contributed by atoms with van der Waals surface area (Å²) in [6.07, 6.45) is 4.99. The van der Waals surface area contributed by atoms with Crippen molar-refractivity contribution >= 4 is 57.9 Å². The summed E-state index contributed by atoms with van der Waals surface area (Å²) in [5, 5.41) is 6.39. The van der Waals surface area contributed by atoms with E-state index in [4.69, 9.17) is 23.2 Å². The van der Waals surface area contributed by atoms with Crippen LogP contribution in [0.2, 0.25) is 10.0 Å². The Hall–Kier alpha value is -1.22. The molecule has 0 spiro atoms. The predicted octanol–water partition coefficient (Wildman–Crippen LogP) is 4.62. The number of piperazine rings is 1. The van der Waals surface area contributed by atoms with Crippen molar-refractivity contribution in [3.05, 3.63) is 28.2 Å². The van der Waals surface area contributed by atoms with Crippen molar-refractivity contribution in [2.45, 2.75) is 38.1 Å². The highest BCUT2D eigenvalue weighted by Gasteiger charge is 2.32. The molecule has 2 fully saturated rings. The third-order valence-electron chi connectivity index (χ3n) is 6.54. The van der Waals surface area contributed by atoms with Crippen LogP contribution in [0, 0.1) is 5.92 Å². The third-order valence-corrected chi connectivity index (χ3v) is 7.35. The van der Waals surface area contributed by atoms with Gasteiger partial charge in [0.25, 0.3) is 0 Å². The number of nitrogens with zero attached hydrogens (tertiary/aromatic N) is 3. The van der Waals surface area contributed by atoms with Crippen LogP contribution in [-0.4, -0.2) is 74.7 Å². The van der Waals surface area contributed by atoms with Crippen molar-refractivity contribution in [2.75, 3.05) is 51.7 Å². The van der Waals surface area contributed by atoms with Crippen LogP contribution in [-0.2, 0) is 0 Å². The first kappa shape index (κ1) is 27.0. The van der Waals surface area contributed by atoms with Crippen molar-refractivity contribution in [1.29, 1.82) is 0 Å². The second-order valence-electron chi connectivity index (χ2n) is 8.35. The zero-order valence-corrected chi connectivity index (χ0v) is 22.0. The lowest BCUT2D eigenvalue weighted by molar-refractivity contribution is 0.143. The van der Waals surface area contributed by atoms with E-state index in [0.717, 1.165) is 70.5 Å². The highest BCUT2D eigenvalue weighted by Crippen LogP contribution is 2.33. The summed E-state index contributed by atoms with van der Waals surface area (Å²) in [7, 11) is 3.12. The molecule has 32 heavy (non-hydrogen) atoms. The molecule has 180 valence electrons. The SMILES string of the molecule is Br.CNC(=O)N(C(=O)NC)C1CCC(CCN2CCN(c3cccc(Cl)c3Cl)CC2)CC1. The van der Waals surface area contributed by atoms with Gasteiger partial charge in [-0.05, 0) is 56.7 Å². The second kappa shape index (κ2) is 12.9. The van der Waals surface area contributed by atoms with Crippen LogP contribution in [0.4, 0.5) is 15.3 Å². The van der Waals surface area contributed by atoms with Crippen LogP contribution < -0.4 is 15.5 Å². The smallest absolute Gasteiger partial charge is 0.325 e. The maximum Gasteiger partial charge on any atom is 0.325 e. The number of halogens is 3. The lowest BCUT2D eigenvalue weighted by Crippen LogP contribution is -2.53. The first-order valence-corrected chi connectivity index (χ1v) is 11.8. The maximum absolute atomic E-state index is 12.1. The molecule has 1 saturated carbocycles. The van der Waals surface area contributed by atoms with E-state index in [1.54, 1.807) is 14.1 Å². The molecular formula is C22H34BrCl2N5O2. The summed E-state index contributed by atoms with van der Waals surface area (Å²) < 4.78 is 0. The molecule has 1 heterocycles. The van der Waals surface area contributed by atoms with Gasteiger partial charge in [0, 0.05) is 46.3 Å². The Labute approximate surface area is 211 Å². The molecule has 1 aliphatic carbocycles. The van der Waals surface area contributed by atoms with Gasteiger partial charge in [0.15, 0.2) is 0 Å². The fourth-order valence-electron chi connectivity index (χ4n) is 4.67. The second-order valence-corrected chi connectivity index (χ2v) is 9.13. The molecule has 10 heteroatoms. The number of urea groups is 2. The first-order valence-electron chi connectivity index (χ1n) is 11.1. The average Bonchev–Trinajstić information content (AvgIpc) is 2.80. The van der Waals surface area contributed by atoms with Crippen molar-refractivity contribution in [3.8, 4) is 0 Å². The van der Waals surface area contributed by atoms with E-state index in [0.29, 0.717) is 16.0 Å². The van der Waals surface area contributed by atoms with E-state index in [1.807, 2.05) is 18.2 Å². The molecule has 1 aromatic rings. The van der Waals surface area contributed by atoms with Gasteiger partial charge in [-0.3, -0.25) is 4.90 Å². The molecule has 0 unspecified atom stereocenters. The number of imide groups is 1. The number of rotatable bonds is 5. The molecule has 1 aliphatic heterocycles. The van der Waals surface area contributed by atoms with E-state index in [1.165, 1.54) is 4.90 Å². The molecular weight excluding hydrogens is 517 g/mol. The highest BCUT2D eigenvalue weighted by atomic mass is 79.9. The van der Waals surface area contributed by atoms with Crippen LogP contribution >= 0.6 is 40.2 Å². The van der Waals surface area contributed by atoms with Crippen LogP contribution in [0.25, 0.3) is 0 Å². The quantitative estimate of drug-likeness (QED) is 0.561. The predicted molar refractivity (Wildman–Crippen MR) is 137 cm³/mol. The van der Waals surface area contributed by atoms with Crippen molar-refractivity contribution in [2.24, 2.45) is 5.92 Å². The van der Waals surface area contributed by atoms with E-state index in [-0.39, 0.29) is 35.1 Å². The van der Waals surface area contributed by atoms with Gasteiger partial charge in [-0.1, -0.05) is 29.3 Å². The largest absolute Gasteiger partial charge is 0.368 e. The average molecular weight is 551 g/mol. The summed E-state index contributed by atoms with van der Waals surface area (Å²) in [4.78, 5) is 30.4. The number of hydrogen-bond donors (Lipinski definition) is 2. The van der Waals surface area contributed by atoms with Crippen molar-refractivity contribution in [1.82, 2.24) is 20.4 Å². The minimum Gasteiger partial charge on any atom is -0.368 e. The first-order chi connectivity index (χ1) is 14.9. The standard InChI is InChI=1S/C22H33Cl2N5O2.BrH/c1-25-21(30)29(22(31)26-2)17-8-6-16(7-9-17)10-11-27-12-14-28(15-13-27)19-5-3-4-18(23)20(19)24;/h3-5,16-17H,6-15H2,1-2H3,(H,25,30)(H,26,31);1H. The highest BCUT2D eigenvalue weighted by molar-refractivity contribution is 8.93. The van der Waals surface area contributed by atoms with Crippen LogP contribution in [0.3, 0.4) is 0 Å². The van der Waals surface area contributed by atoms with Crippen molar-refractivity contribution in [3.63, 3.8) is 0 Å². The van der Waals surface area contributed by atoms with Gasteiger partial charge >= 0.3 is 12.1 Å². The summed E-state index contributed by atoms with van der Waals surface area (Å²) in [6.45, 7) is 5.00. The van der Waals surface area contributed by atoms with Gasteiger partial charge in [0.1, 0.15) is 0 Å². The summed E-state index contributed by atoms with van der Waals surface area (Å²) in [5.74, 6) is 0.646. The Kier molecular flexibility index (Phi) is 10.9. The Morgan fingerprint density at radius 2 is 1.59 bits per heavy atom. The summed E-state index contributed by atoms with van der Waals surface area (Å²) in [6, 6.07) is 5.11. The number of anilines is 1. The number of amides is 4. The molecule has 2 N–H and O–H groups in total. The zero-order chi connectivity index (χ0) is 22.4. The monoisotopic (exact) mass is 549 g/mol. The fourth-order valence-corrected chi connectivity index (χ4v) is 5.09. The summed E-state index contributed by atoms with van der Waals surface area (Å²) >= 11 is 12.5. The van der Waals surface area contributed by atoms with Gasteiger partial charge in [0.2, 0.25) is 0 Å². The number of nitrogens with one attached hydrogen (secondary N) is 2. The van der Waals surface area contributed by atoms with E-state index >= 15 is 0 Å². The summed E-state index contributed by atoms with van der Waals surface area (Å²) in [5.41, 5.74) is 1.02. The van der Waals surface area contributed by atoms with Crippen molar-refractivity contribution < 1.29 is 9.59 Å². The Morgan fingerprint density at radius 3 is 2.16 bits per heavy atom. The van der Waals surface area contributed by atoms with Crippen LogP contribution in [0.15, 0.2) is 18.2 Å². The molecule has 0 aromatic heterocycles. The lowest BCUT2D eigenvalue weighted by atomic mass is 9.83. The van der Waals surface area contributed by atoms with E-state index in [9.17, 15) is 9.59 Å². The molecule has 1 saturated heterocycles. The minimum atomic E-state index is -0.333. The zero-order valence-electron chi connectivity index (χ0n) is 18.8. The number of hydrogen-bond acceptors (Lipinski definition) is 4. The Balaban J connectivity index is 0.00000363. The van der Waals surface area contributed by atoms with Crippen LogP contribution in [0.1, 0.15) is 32.1 Å². The third kappa shape index (κ3) is 6.65. The van der Waals surface area contributed by atoms with Gasteiger partial charge < -0.3 is 15.5 Å². The number of benzene rings is 1. The van der Waals surface area contributed by atoms with Gasteiger partial charge in [-0.25, -0.2) is 14.5 Å². The molecule has 7 nitrogen and oxygen atoms in total. The minimum absolute atomic E-state index is 0. The Morgan fingerprint density at radius 1 is 1.00 bits per heavy atom. The number of carbonyl (C=O) groups excluding carboxylic acids is 2. The molecule has 0 atom stereocenters. The Bertz CT molecular complexity index is 753. The van der Waals surface area contributed by atoms with E-state index < -0.39 is 0 Å². The van der Waals surface area contributed by atoms with Crippen LogP contribution in [0.5, 0.6) is 0 Å². The normalized spacial score (nSPS) is 21.4. The molecule has 2 aliphatic rings. The topological polar surface area (TPSA) is 67.9 Å². The van der Waals surface area contributed by atoms with Gasteiger partial charge in [-0.2, -0.15) is 0 Å². The lowest BCUT2D eigenvalue weighted by Gasteiger charge is -2.38. The molecule has 0 bridgehead atoms. The fraction of sp³-hybridized carbons (Fsp3) is 0.636. The van der Waals surface area contributed by atoms with E-state index in [2.05, 4.69) is 20.4 Å². The van der Waals surface area contributed by atoms with Gasteiger partial charge in [-0.15, -0.1) is 17.0 Å². The molecule has 0 radical (unpaired) electrons.